The third-order valence-electron chi connectivity index (χ3n) is 3.84. The Balaban J connectivity index is 1.72. The number of halogens is 1. The van der Waals surface area contributed by atoms with E-state index >= 15 is 0 Å². The average Bonchev–Trinajstić information content (AvgIpc) is 3.15. The summed E-state index contributed by atoms with van der Waals surface area (Å²) in [5.41, 5.74) is 1.95. The SMILES string of the molecule is Cc1c(C(=O)NC[C@H]2CCCO2)cnn1-c1ccc(F)cc1. The van der Waals surface area contributed by atoms with E-state index in [4.69, 9.17) is 4.74 Å². The van der Waals surface area contributed by atoms with Crippen molar-refractivity contribution < 1.29 is 13.9 Å². The van der Waals surface area contributed by atoms with Gasteiger partial charge in [-0.2, -0.15) is 5.10 Å². The normalized spacial score (nSPS) is 17.6. The summed E-state index contributed by atoms with van der Waals surface area (Å²) in [6.07, 6.45) is 3.66. The van der Waals surface area contributed by atoms with Crippen molar-refractivity contribution >= 4 is 5.91 Å². The molecule has 5 nitrogen and oxygen atoms in total. The monoisotopic (exact) mass is 303 g/mol. The van der Waals surface area contributed by atoms with Crippen molar-refractivity contribution in [3.8, 4) is 5.69 Å². The molecule has 1 aliphatic rings. The second kappa shape index (κ2) is 6.27. The van der Waals surface area contributed by atoms with Gasteiger partial charge >= 0.3 is 0 Å². The Kier molecular flexibility index (Phi) is 4.20. The zero-order chi connectivity index (χ0) is 15.5. The lowest BCUT2D eigenvalue weighted by molar-refractivity contribution is 0.0857. The highest BCUT2D eigenvalue weighted by molar-refractivity contribution is 5.95. The zero-order valence-corrected chi connectivity index (χ0v) is 12.4. The molecule has 2 heterocycles. The van der Waals surface area contributed by atoms with Gasteiger partial charge in [-0.25, -0.2) is 9.07 Å². The summed E-state index contributed by atoms with van der Waals surface area (Å²) in [5.74, 6) is -0.468. The molecule has 1 amide bonds. The zero-order valence-electron chi connectivity index (χ0n) is 12.4. The minimum absolute atomic E-state index is 0.108. The molecule has 2 aromatic rings. The maximum absolute atomic E-state index is 13.0. The van der Waals surface area contributed by atoms with Crippen molar-refractivity contribution in [3.63, 3.8) is 0 Å². The van der Waals surface area contributed by atoms with Gasteiger partial charge in [-0.3, -0.25) is 4.79 Å². The molecule has 22 heavy (non-hydrogen) atoms. The topological polar surface area (TPSA) is 56.1 Å². The molecule has 3 rings (SSSR count). The molecule has 1 aliphatic heterocycles. The van der Waals surface area contributed by atoms with Crippen molar-refractivity contribution in [2.45, 2.75) is 25.9 Å². The van der Waals surface area contributed by atoms with Crippen LogP contribution in [0, 0.1) is 12.7 Å². The molecular formula is C16H18FN3O2. The lowest BCUT2D eigenvalue weighted by Crippen LogP contribution is -2.32. The van der Waals surface area contributed by atoms with Gasteiger partial charge in [0.05, 0.1) is 29.2 Å². The van der Waals surface area contributed by atoms with Crippen LogP contribution in [0.5, 0.6) is 0 Å². The van der Waals surface area contributed by atoms with E-state index in [0.29, 0.717) is 12.1 Å². The maximum Gasteiger partial charge on any atom is 0.254 e. The number of carbonyl (C=O) groups excluding carboxylic acids is 1. The molecular weight excluding hydrogens is 285 g/mol. The van der Waals surface area contributed by atoms with Gasteiger partial charge in [0.2, 0.25) is 0 Å². The molecule has 116 valence electrons. The van der Waals surface area contributed by atoms with E-state index in [1.807, 2.05) is 6.92 Å². The van der Waals surface area contributed by atoms with Gasteiger partial charge in [0, 0.05) is 13.2 Å². The maximum atomic E-state index is 13.0. The number of hydrogen-bond acceptors (Lipinski definition) is 3. The summed E-state index contributed by atoms with van der Waals surface area (Å²) in [6.45, 7) is 3.10. The molecule has 0 spiro atoms. The molecule has 1 aromatic heterocycles. The molecule has 1 N–H and O–H groups in total. The van der Waals surface area contributed by atoms with Crippen molar-refractivity contribution in [2.75, 3.05) is 13.2 Å². The number of nitrogens with zero attached hydrogens (tertiary/aromatic N) is 2. The summed E-state index contributed by atoms with van der Waals surface area (Å²) in [6, 6.07) is 5.99. The van der Waals surface area contributed by atoms with Crippen LogP contribution in [0.15, 0.2) is 30.5 Å². The standard InChI is InChI=1S/C16H18FN3O2/c1-11-15(16(21)18-9-14-3-2-8-22-14)10-19-20(11)13-6-4-12(17)5-7-13/h4-7,10,14H,2-3,8-9H2,1H3,(H,18,21)/t14-/m1/s1. The van der Waals surface area contributed by atoms with E-state index in [2.05, 4.69) is 10.4 Å². The molecule has 1 saturated heterocycles. The second-order valence-corrected chi connectivity index (χ2v) is 5.38. The first-order valence-corrected chi connectivity index (χ1v) is 7.35. The number of benzene rings is 1. The van der Waals surface area contributed by atoms with Crippen LogP contribution in [0.1, 0.15) is 28.9 Å². The number of rotatable bonds is 4. The minimum Gasteiger partial charge on any atom is -0.376 e. The van der Waals surface area contributed by atoms with E-state index in [0.717, 1.165) is 30.8 Å². The molecule has 1 fully saturated rings. The fraction of sp³-hybridized carbons (Fsp3) is 0.375. The van der Waals surface area contributed by atoms with Crippen molar-refractivity contribution in [3.05, 3.63) is 47.5 Å². The molecule has 0 saturated carbocycles. The summed E-state index contributed by atoms with van der Waals surface area (Å²) in [5, 5.41) is 7.10. The summed E-state index contributed by atoms with van der Waals surface area (Å²) in [4.78, 5) is 12.2. The van der Waals surface area contributed by atoms with Gasteiger partial charge < -0.3 is 10.1 Å². The number of aromatic nitrogens is 2. The third-order valence-corrected chi connectivity index (χ3v) is 3.84. The lowest BCUT2D eigenvalue weighted by Gasteiger charge is -2.10. The first-order valence-electron chi connectivity index (χ1n) is 7.35. The van der Waals surface area contributed by atoms with Crippen molar-refractivity contribution in [2.24, 2.45) is 0 Å². The van der Waals surface area contributed by atoms with Gasteiger partial charge in [0.1, 0.15) is 5.82 Å². The molecule has 0 unspecified atom stereocenters. The van der Waals surface area contributed by atoms with Crippen LogP contribution in [-0.2, 0) is 4.74 Å². The third kappa shape index (κ3) is 3.01. The van der Waals surface area contributed by atoms with Crippen molar-refractivity contribution in [1.29, 1.82) is 0 Å². The van der Waals surface area contributed by atoms with Crippen LogP contribution < -0.4 is 5.32 Å². The Hall–Kier alpha value is -2.21. The highest BCUT2D eigenvalue weighted by Crippen LogP contribution is 2.15. The van der Waals surface area contributed by atoms with E-state index in [1.165, 1.54) is 18.3 Å². The van der Waals surface area contributed by atoms with E-state index in [1.54, 1.807) is 16.8 Å². The predicted octanol–water partition coefficient (Wildman–Crippen LogP) is 2.23. The lowest BCUT2D eigenvalue weighted by atomic mass is 10.2. The quantitative estimate of drug-likeness (QED) is 0.942. The highest BCUT2D eigenvalue weighted by Gasteiger charge is 2.19. The first kappa shape index (κ1) is 14.7. The fourth-order valence-electron chi connectivity index (χ4n) is 2.58. The number of ether oxygens (including phenoxy) is 1. The van der Waals surface area contributed by atoms with E-state index in [9.17, 15) is 9.18 Å². The number of carbonyl (C=O) groups is 1. The van der Waals surface area contributed by atoms with Crippen molar-refractivity contribution in [1.82, 2.24) is 15.1 Å². The van der Waals surface area contributed by atoms with Gasteiger partial charge in [0.25, 0.3) is 5.91 Å². The number of hydrogen-bond donors (Lipinski definition) is 1. The van der Waals surface area contributed by atoms with E-state index < -0.39 is 0 Å². The average molecular weight is 303 g/mol. The Morgan fingerprint density at radius 3 is 2.91 bits per heavy atom. The number of nitrogens with one attached hydrogen (secondary N) is 1. The Morgan fingerprint density at radius 2 is 2.23 bits per heavy atom. The van der Waals surface area contributed by atoms with Gasteiger partial charge in [-0.1, -0.05) is 0 Å². The predicted molar refractivity (Wildman–Crippen MR) is 79.6 cm³/mol. The smallest absolute Gasteiger partial charge is 0.254 e. The fourth-order valence-corrected chi connectivity index (χ4v) is 2.58. The molecule has 0 bridgehead atoms. The summed E-state index contributed by atoms with van der Waals surface area (Å²) in [7, 11) is 0. The first-order chi connectivity index (χ1) is 10.6. The van der Waals surface area contributed by atoms with Crippen LogP contribution in [0.25, 0.3) is 5.69 Å². The Morgan fingerprint density at radius 1 is 1.45 bits per heavy atom. The summed E-state index contributed by atoms with van der Waals surface area (Å²) >= 11 is 0. The largest absolute Gasteiger partial charge is 0.376 e. The van der Waals surface area contributed by atoms with Crippen LogP contribution in [0.2, 0.25) is 0 Å². The van der Waals surface area contributed by atoms with E-state index in [-0.39, 0.29) is 17.8 Å². The Bertz CT molecular complexity index is 661. The molecule has 1 aromatic carbocycles. The van der Waals surface area contributed by atoms with Crippen LogP contribution >= 0.6 is 0 Å². The molecule has 1 atom stereocenters. The molecule has 0 radical (unpaired) electrons. The Labute approximate surface area is 128 Å². The molecule has 6 heteroatoms. The summed E-state index contributed by atoms with van der Waals surface area (Å²) < 4.78 is 20.1. The number of amides is 1. The highest BCUT2D eigenvalue weighted by atomic mass is 19.1. The second-order valence-electron chi connectivity index (χ2n) is 5.38. The van der Waals surface area contributed by atoms with Gasteiger partial charge in [-0.15, -0.1) is 0 Å². The molecule has 0 aliphatic carbocycles. The van der Waals surface area contributed by atoms with Gasteiger partial charge in [0.15, 0.2) is 0 Å². The van der Waals surface area contributed by atoms with Crippen LogP contribution in [0.4, 0.5) is 4.39 Å². The van der Waals surface area contributed by atoms with Crippen LogP contribution in [-0.4, -0.2) is 34.9 Å². The van der Waals surface area contributed by atoms with Crippen LogP contribution in [0.3, 0.4) is 0 Å². The van der Waals surface area contributed by atoms with Gasteiger partial charge in [-0.05, 0) is 44.0 Å². The minimum atomic E-state index is -0.303.